The highest BCUT2D eigenvalue weighted by Crippen LogP contribution is 2.32. The number of amides is 2. The highest BCUT2D eigenvalue weighted by Gasteiger charge is 2.36. The molecule has 0 atom stereocenters. The van der Waals surface area contributed by atoms with Crippen LogP contribution in [0.4, 0.5) is 4.79 Å². The van der Waals surface area contributed by atoms with Gasteiger partial charge in [-0.15, -0.1) is 0 Å². The second kappa shape index (κ2) is 9.70. The maximum Gasteiger partial charge on any atom is 0.326 e. The Labute approximate surface area is 189 Å². The molecule has 0 aliphatic carbocycles. The van der Waals surface area contributed by atoms with Crippen LogP contribution in [0.2, 0.25) is 0 Å². The van der Waals surface area contributed by atoms with E-state index in [1.165, 1.54) is 10.8 Å². The van der Waals surface area contributed by atoms with Crippen molar-refractivity contribution >= 4 is 45.7 Å². The SMILES string of the molecule is CCOC(=O)CN1C(=O)S/C(=C/c2ccc(OCc3ccc4ccccc4c3)cc2)C1=O. The molecule has 32 heavy (non-hydrogen) atoms. The summed E-state index contributed by atoms with van der Waals surface area (Å²) in [6.07, 6.45) is 1.63. The minimum Gasteiger partial charge on any atom is -0.489 e. The second-order valence-corrected chi connectivity index (χ2v) is 8.11. The first-order valence-corrected chi connectivity index (χ1v) is 11.0. The largest absolute Gasteiger partial charge is 0.489 e. The number of nitrogens with zero attached hydrogens (tertiary/aromatic N) is 1. The van der Waals surface area contributed by atoms with Crippen molar-refractivity contribution in [2.45, 2.75) is 13.5 Å². The average Bonchev–Trinajstić information content (AvgIpc) is 3.06. The summed E-state index contributed by atoms with van der Waals surface area (Å²) < 4.78 is 10.7. The first-order valence-electron chi connectivity index (χ1n) is 10.1. The molecule has 0 unspecified atom stereocenters. The second-order valence-electron chi connectivity index (χ2n) is 7.11. The van der Waals surface area contributed by atoms with E-state index in [4.69, 9.17) is 9.47 Å². The van der Waals surface area contributed by atoms with Gasteiger partial charge in [-0.05, 0) is 64.9 Å². The standard InChI is InChI=1S/C25H21NO5S/c1-2-30-23(27)15-26-24(28)22(32-25(26)29)14-17-8-11-21(12-9-17)31-16-18-7-10-19-5-3-4-6-20(19)13-18/h3-14H,2,15-16H2,1H3/b22-14+. The predicted molar refractivity (Wildman–Crippen MR) is 124 cm³/mol. The van der Waals surface area contributed by atoms with Crippen LogP contribution in [0.25, 0.3) is 16.8 Å². The van der Waals surface area contributed by atoms with Crippen LogP contribution < -0.4 is 4.74 Å². The van der Waals surface area contributed by atoms with E-state index in [9.17, 15) is 14.4 Å². The third-order valence-corrected chi connectivity index (χ3v) is 5.77. The monoisotopic (exact) mass is 447 g/mol. The molecule has 0 saturated carbocycles. The summed E-state index contributed by atoms with van der Waals surface area (Å²) >= 11 is 0.809. The van der Waals surface area contributed by atoms with Crippen molar-refractivity contribution in [3.8, 4) is 5.75 Å². The van der Waals surface area contributed by atoms with E-state index in [-0.39, 0.29) is 18.1 Å². The third-order valence-electron chi connectivity index (χ3n) is 4.86. The van der Waals surface area contributed by atoms with E-state index in [1.54, 1.807) is 13.0 Å². The Morgan fingerprint density at radius 3 is 2.50 bits per heavy atom. The van der Waals surface area contributed by atoms with E-state index in [1.807, 2.05) is 42.5 Å². The summed E-state index contributed by atoms with van der Waals surface area (Å²) in [4.78, 5) is 37.3. The van der Waals surface area contributed by atoms with Gasteiger partial charge in [-0.1, -0.05) is 48.5 Å². The van der Waals surface area contributed by atoms with Gasteiger partial charge in [-0.2, -0.15) is 0 Å². The molecule has 7 heteroatoms. The molecule has 0 spiro atoms. The molecule has 1 fully saturated rings. The molecule has 0 radical (unpaired) electrons. The molecule has 0 aromatic heterocycles. The van der Waals surface area contributed by atoms with Crippen LogP contribution in [0.5, 0.6) is 5.75 Å². The van der Waals surface area contributed by atoms with Crippen molar-refractivity contribution in [1.82, 2.24) is 4.90 Å². The van der Waals surface area contributed by atoms with Gasteiger partial charge in [0.25, 0.3) is 11.1 Å². The lowest BCUT2D eigenvalue weighted by Crippen LogP contribution is -2.34. The summed E-state index contributed by atoms with van der Waals surface area (Å²) in [5.41, 5.74) is 1.83. The number of thioether (sulfide) groups is 1. The van der Waals surface area contributed by atoms with Gasteiger partial charge in [-0.25, -0.2) is 0 Å². The van der Waals surface area contributed by atoms with Crippen LogP contribution in [0.3, 0.4) is 0 Å². The molecular weight excluding hydrogens is 426 g/mol. The Bertz CT molecular complexity index is 1200. The highest BCUT2D eigenvalue weighted by atomic mass is 32.2. The zero-order chi connectivity index (χ0) is 22.5. The van der Waals surface area contributed by atoms with Gasteiger partial charge in [0.05, 0.1) is 11.5 Å². The molecule has 4 rings (SSSR count). The number of ether oxygens (including phenoxy) is 2. The number of carbonyl (C=O) groups excluding carboxylic acids is 3. The Morgan fingerprint density at radius 2 is 1.75 bits per heavy atom. The van der Waals surface area contributed by atoms with Gasteiger partial charge in [0, 0.05) is 0 Å². The first-order chi connectivity index (χ1) is 15.5. The molecule has 1 saturated heterocycles. The number of rotatable bonds is 7. The van der Waals surface area contributed by atoms with Gasteiger partial charge in [0.15, 0.2) is 0 Å². The molecule has 2 amide bonds. The summed E-state index contributed by atoms with van der Waals surface area (Å²) in [5.74, 6) is -0.403. The van der Waals surface area contributed by atoms with Gasteiger partial charge in [0.1, 0.15) is 18.9 Å². The summed E-state index contributed by atoms with van der Waals surface area (Å²) in [5, 5.41) is 1.87. The van der Waals surface area contributed by atoms with Crippen LogP contribution >= 0.6 is 11.8 Å². The van der Waals surface area contributed by atoms with E-state index in [2.05, 4.69) is 24.3 Å². The van der Waals surface area contributed by atoms with Gasteiger partial charge in [-0.3, -0.25) is 19.3 Å². The summed E-state index contributed by atoms with van der Waals surface area (Å²) in [6.45, 7) is 1.93. The van der Waals surface area contributed by atoms with Gasteiger partial charge < -0.3 is 9.47 Å². The average molecular weight is 448 g/mol. The number of hydrogen-bond acceptors (Lipinski definition) is 6. The predicted octanol–water partition coefficient (Wildman–Crippen LogP) is 5.02. The Morgan fingerprint density at radius 1 is 1.00 bits per heavy atom. The molecule has 1 aliphatic heterocycles. The van der Waals surface area contributed by atoms with Crippen LogP contribution in [-0.2, 0) is 20.9 Å². The summed E-state index contributed by atoms with van der Waals surface area (Å²) in [6, 6.07) is 21.7. The van der Waals surface area contributed by atoms with Crippen LogP contribution in [0.1, 0.15) is 18.1 Å². The van der Waals surface area contributed by atoms with E-state index < -0.39 is 17.1 Å². The normalized spacial score (nSPS) is 14.9. The number of carbonyl (C=O) groups is 3. The topological polar surface area (TPSA) is 72.9 Å². The van der Waals surface area contributed by atoms with Crippen molar-refractivity contribution in [3.05, 3.63) is 82.8 Å². The maximum atomic E-state index is 12.5. The van der Waals surface area contributed by atoms with Crippen molar-refractivity contribution in [2.75, 3.05) is 13.2 Å². The lowest BCUT2D eigenvalue weighted by molar-refractivity contribution is -0.145. The fourth-order valence-electron chi connectivity index (χ4n) is 3.28. The van der Waals surface area contributed by atoms with E-state index >= 15 is 0 Å². The van der Waals surface area contributed by atoms with Crippen molar-refractivity contribution in [3.63, 3.8) is 0 Å². The molecular formula is C25H21NO5S. The number of hydrogen-bond donors (Lipinski definition) is 0. The number of fused-ring (bicyclic) bond motifs is 1. The Hall–Kier alpha value is -3.58. The van der Waals surface area contributed by atoms with Crippen LogP contribution in [-0.4, -0.2) is 35.2 Å². The Balaban J connectivity index is 1.38. The molecule has 3 aromatic rings. The van der Waals surface area contributed by atoms with E-state index in [0.29, 0.717) is 12.4 Å². The lowest BCUT2D eigenvalue weighted by atomic mass is 10.1. The minimum absolute atomic E-state index is 0.195. The van der Waals surface area contributed by atoms with Gasteiger partial charge in [0.2, 0.25) is 0 Å². The van der Waals surface area contributed by atoms with Crippen LogP contribution in [0.15, 0.2) is 71.6 Å². The first kappa shape index (κ1) is 21.6. The van der Waals surface area contributed by atoms with Crippen molar-refractivity contribution in [1.29, 1.82) is 0 Å². The van der Waals surface area contributed by atoms with Crippen LogP contribution in [0, 0.1) is 0 Å². The minimum atomic E-state index is -0.607. The fourth-order valence-corrected chi connectivity index (χ4v) is 4.12. The third kappa shape index (κ3) is 5.00. The van der Waals surface area contributed by atoms with E-state index in [0.717, 1.165) is 27.8 Å². The van der Waals surface area contributed by atoms with Crippen molar-refractivity contribution < 1.29 is 23.9 Å². The van der Waals surface area contributed by atoms with Crippen molar-refractivity contribution in [2.24, 2.45) is 0 Å². The molecule has 1 aliphatic rings. The maximum absolute atomic E-state index is 12.5. The number of imide groups is 1. The molecule has 1 heterocycles. The summed E-state index contributed by atoms with van der Waals surface area (Å²) in [7, 11) is 0. The molecule has 6 nitrogen and oxygen atoms in total. The smallest absolute Gasteiger partial charge is 0.326 e. The number of esters is 1. The molecule has 0 N–H and O–H groups in total. The molecule has 3 aromatic carbocycles. The molecule has 0 bridgehead atoms. The van der Waals surface area contributed by atoms with Gasteiger partial charge >= 0.3 is 5.97 Å². The fraction of sp³-hybridized carbons (Fsp3) is 0.160. The zero-order valence-electron chi connectivity index (χ0n) is 17.4. The highest BCUT2D eigenvalue weighted by molar-refractivity contribution is 8.18. The zero-order valence-corrected chi connectivity index (χ0v) is 18.3. The lowest BCUT2D eigenvalue weighted by Gasteiger charge is -2.10. The Kier molecular flexibility index (Phi) is 6.56. The number of benzene rings is 3. The molecule has 162 valence electrons. The quantitative estimate of drug-likeness (QED) is 0.374.